The summed E-state index contributed by atoms with van der Waals surface area (Å²) < 4.78 is 4.62. The van der Waals surface area contributed by atoms with Gasteiger partial charge in [-0.3, -0.25) is 0 Å². The quantitative estimate of drug-likeness (QED) is 0.646. The normalized spacial score (nSPS) is 11.2. The summed E-state index contributed by atoms with van der Waals surface area (Å²) in [5.41, 5.74) is -0.938. The van der Waals surface area contributed by atoms with Gasteiger partial charge in [-0.15, -0.1) is 0 Å². The first-order chi connectivity index (χ1) is 5.87. The minimum atomic E-state index is -0.938. The number of amides is 1. The van der Waals surface area contributed by atoms with E-state index in [4.69, 9.17) is 5.11 Å². The number of rotatable bonds is 4. The highest BCUT2D eigenvalue weighted by atomic mass is 16.6. The number of carbonyl (C=O) groups is 1. The van der Waals surface area contributed by atoms with E-state index in [-0.39, 0.29) is 19.8 Å². The van der Waals surface area contributed by atoms with Crippen LogP contribution in [0.5, 0.6) is 0 Å². The van der Waals surface area contributed by atoms with Gasteiger partial charge in [0.05, 0.1) is 18.8 Å². The largest absolute Gasteiger partial charge is 0.447 e. The highest BCUT2D eigenvalue weighted by Crippen LogP contribution is 2.03. The smallest absolute Gasteiger partial charge is 0.409 e. The van der Waals surface area contributed by atoms with Crippen LogP contribution in [0.25, 0.3) is 0 Å². The molecule has 78 valence electrons. The summed E-state index contributed by atoms with van der Waals surface area (Å²) >= 11 is 0. The lowest BCUT2D eigenvalue weighted by Crippen LogP contribution is -2.40. The summed E-state index contributed by atoms with van der Waals surface area (Å²) in [7, 11) is 1.53. The Morgan fingerprint density at radius 3 is 2.46 bits per heavy atom. The summed E-state index contributed by atoms with van der Waals surface area (Å²) in [5, 5.41) is 17.7. The van der Waals surface area contributed by atoms with Gasteiger partial charge in [0.1, 0.15) is 6.61 Å². The molecule has 0 unspecified atom stereocenters. The molecular formula is C8H17NO4. The Kier molecular flexibility index (Phi) is 4.72. The average Bonchev–Trinajstić information content (AvgIpc) is 1.96. The van der Waals surface area contributed by atoms with Crippen molar-refractivity contribution >= 4 is 6.09 Å². The van der Waals surface area contributed by atoms with Gasteiger partial charge in [-0.25, -0.2) is 4.79 Å². The molecule has 0 spiro atoms. The van der Waals surface area contributed by atoms with Gasteiger partial charge in [0.2, 0.25) is 0 Å². The number of aliphatic hydroxyl groups is 2. The summed E-state index contributed by atoms with van der Waals surface area (Å²) in [6, 6.07) is 0. The van der Waals surface area contributed by atoms with Crippen LogP contribution in [0.2, 0.25) is 0 Å². The van der Waals surface area contributed by atoms with Gasteiger partial charge in [-0.2, -0.15) is 0 Å². The highest BCUT2D eigenvalue weighted by molar-refractivity contribution is 5.67. The molecule has 0 atom stereocenters. The van der Waals surface area contributed by atoms with Crippen LogP contribution in [0.4, 0.5) is 4.79 Å². The first kappa shape index (κ1) is 12.2. The minimum absolute atomic E-state index is 0.0188. The molecule has 5 heteroatoms. The molecule has 0 aromatic heterocycles. The first-order valence-electron chi connectivity index (χ1n) is 4.08. The van der Waals surface area contributed by atoms with Gasteiger partial charge in [0, 0.05) is 7.05 Å². The average molecular weight is 191 g/mol. The topological polar surface area (TPSA) is 70.0 Å². The molecule has 0 rings (SSSR count). The Morgan fingerprint density at radius 2 is 2.08 bits per heavy atom. The summed E-state index contributed by atoms with van der Waals surface area (Å²) in [6.45, 7) is 3.18. The monoisotopic (exact) mass is 191 g/mol. The zero-order chi connectivity index (χ0) is 10.5. The van der Waals surface area contributed by atoms with E-state index in [1.54, 1.807) is 13.8 Å². The Balaban J connectivity index is 3.83. The van der Waals surface area contributed by atoms with Crippen molar-refractivity contribution in [1.29, 1.82) is 0 Å². The molecule has 1 amide bonds. The van der Waals surface area contributed by atoms with E-state index in [1.165, 1.54) is 11.9 Å². The van der Waals surface area contributed by atoms with Crippen LogP contribution in [-0.2, 0) is 4.74 Å². The predicted octanol–water partition coefficient (Wildman–Crippen LogP) is -0.182. The molecule has 5 nitrogen and oxygen atoms in total. The lowest BCUT2D eigenvalue weighted by molar-refractivity contribution is 0.0321. The van der Waals surface area contributed by atoms with Gasteiger partial charge in [-0.05, 0) is 13.8 Å². The number of aliphatic hydroxyl groups excluding tert-OH is 1. The fourth-order valence-electron chi connectivity index (χ4n) is 0.888. The van der Waals surface area contributed by atoms with Crippen LogP contribution in [0.15, 0.2) is 0 Å². The molecule has 2 N–H and O–H groups in total. The van der Waals surface area contributed by atoms with Crippen molar-refractivity contribution in [2.75, 3.05) is 26.8 Å². The van der Waals surface area contributed by atoms with Gasteiger partial charge >= 0.3 is 6.09 Å². The van der Waals surface area contributed by atoms with E-state index in [9.17, 15) is 9.90 Å². The van der Waals surface area contributed by atoms with Crippen LogP contribution in [0.3, 0.4) is 0 Å². The van der Waals surface area contributed by atoms with Crippen molar-refractivity contribution in [2.45, 2.75) is 19.4 Å². The molecule has 13 heavy (non-hydrogen) atoms. The van der Waals surface area contributed by atoms with Gasteiger partial charge < -0.3 is 19.8 Å². The fourth-order valence-corrected chi connectivity index (χ4v) is 0.888. The van der Waals surface area contributed by atoms with E-state index in [2.05, 4.69) is 4.74 Å². The van der Waals surface area contributed by atoms with E-state index < -0.39 is 11.7 Å². The molecule has 0 aliphatic rings. The minimum Gasteiger partial charge on any atom is -0.447 e. The SMILES string of the molecule is CN(CC(C)(C)O)C(=O)OCCO. The Hall–Kier alpha value is -0.810. The number of likely N-dealkylation sites (N-methyl/N-ethyl adjacent to an activating group) is 1. The predicted molar refractivity (Wildman–Crippen MR) is 47.4 cm³/mol. The maximum absolute atomic E-state index is 11.1. The maximum Gasteiger partial charge on any atom is 0.409 e. The van der Waals surface area contributed by atoms with E-state index in [0.717, 1.165) is 0 Å². The molecule has 0 radical (unpaired) electrons. The third-order valence-electron chi connectivity index (χ3n) is 1.25. The molecular weight excluding hydrogens is 174 g/mol. The first-order valence-corrected chi connectivity index (χ1v) is 4.08. The molecule has 0 aliphatic carbocycles. The summed E-state index contributed by atoms with van der Waals surface area (Å²) in [5.74, 6) is 0. The van der Waals surface area contributed by atoms with Crippen molar-refractivity contribution in [1.82, 2.24) is 4.90 Å². The molecule has 0 aromatic rings. The summed E-state index contributed by atoms with van der Waals surface area (Å²) in [4.78, 5) is 12.3. The molecule has 0 aromatic carbocycles. The Morgan fingerprint density at radius 1 is 1.54 bits per heavy atom. The third-order valence-corrected chi connectivity index (χ3v) is 1.25. The second-order valence-electron chi connectivity index (χ2n) is 3.51. The highest BCUT2D eigenvalue weighted by Gasteiger charge is 2.19. The molecule has 0 fully saturated rings. The number of carbonyl (C=O) groups excluding carboxylic acids is 1. The zero-order valence-electron chi connectivity index (χ0n) is 8.28. The second kappa shape index (κ2) is 5.04. The number of nitrogens with zero attached hydrogens (tertiary/aromatic N) is 1. The standard InChI is InChI=1S/C8H17NO4/c1-8(2,12)6-9(3)7(11)13-5-4-10/h10,12H,4-6H2,1-3H3. The molecule has 0 bridgehead atoms. The Labute approximate surface area is 77.9 Å². The van der Waals surface area contributed by atoms with Crippen molar-refractivity contribution in [3.05, 3.63) is 0 Å². The zero-order valence-corrected chi connectivity index (χ0v) is 8.28. The number of hydrogen-bond acceptors (Lipinski definition) is 4. The lowest BCUT2D eigenvalue weighted by Gasteiger charge is -2.24. The molecule has 0 saturated heterocycles. The van der Waals surface area contributed by atoms with Crippen molar-refractivity contribution < 1.29 is 19.7 Å². The van der Waals surface area contributed by atoms with Gasteiger partial charge in [-0.1, -0.05) is 0 Å². The van der Waals surface area contributed by atoms with Crippen molar-refractivity contribution in [2.24, 2.45) is 0 Å². The third kappa shape index (κ3) is 6.36. The molecule has 0 aliphatic heterocycles. The fraction of sp³-hybridized carbons (Fsp3) is 0.875. The van der Waals surface area contributed by atoms with E-state index in [0.29, 0.717) is 0 Å². The van der Waals surface area contributed by atoms with Crippen LogP contribution >= 0.6 is 0 Å². The van der Waals surface area contributed by atoms with Crippen LogP contribution < -0.4 is 0 Å². The maximum atomic E-state index is 11.1. The Bertz CT molecular complexity index is 164. The van der Waals surface area contributed by atoms with Gasteiger partial charge in [0.25, 0.3) is 0 Å². The summed E-state index contributed by atoms with van der Waals surface area (Å²) in [6.07, 6.45) is -0.545. The van der Waals surface area contributed by atoms with Crippen LogP contribution in [-0.4, -0.2) is 53.6 Å². The van der Waals surface area contributed by atoms with Crippen LogP contribution in [0, 0.1) is 0 Å². The van der Waals surface area contributed by atoms with Crippen molar-refractivity contribution in [3.63, 3.8) is 0 Å². The van der Waals surface area contributed by atoms with Crippen LogP contribution in [0.1, 0.15) is 13.8 Å². The molecule has 0 heterocycles. The number of hydrogen-bond donors (Lipinski definition) is 2. The van der Waals surface area contributed by atoms with E-state index in [1.807, 2.05) is 0 Å². The van der Waals surface area contributed by atoms with Crippen molar-refractivity contribution in [3.8, 4) is 0 Å². The second-order valence-corrected chi connectivity index (χ2v) is 3.51. The van der Waals surface area contributed by atoms with Gasteiger partial charge in [0.15, 0.2) is 0 Å². The lowest BCUT2D eigenvalue weighted by atomic mass is 10.1. The molecule has 0 saturated carbocycles. The number of ether oxygens (including phenoxy) is 1. The van der Waals surface area contributed by atoms with E-state index >= 15 is 0 Å².